The number of nitrogens with zero attached hydrogens (tertiary/aromatic N) is 3. The Hall–Kier alpha value is -1.75. The van der Waals surface area contributed by atoms with Crippen LogP contribution in [0.5, 0.6) is 0 Å². The van der Waals surface area contributed by atoms with Crippen molar-refractivity contribution in [3.05, 3.63) is 50.0 Å². The van der Waals surface area contributed by atoms with E-state index in [1.54, 1.807) is 6.92 Å². The van der Waals surface area contributed by atoms with Gasteiger partial charge in [0, 0.05) is 11.1 Å². The summed E-state index contributed by atoms with van der Waals surface area (Å²) in [5, 5.41) is 4.32. The molecule has 1 atom stereocenters. The maximum atomic E-state index is 13.4. The summed E-state index contributed by atoms with van der Waals surface area (Å²) < 4.78 is 14.5. The molecule has 0 amide bonds. The molecule has 0 N–H and O–H groups in total. The van der Waals surface area contributed by atoms with E-state index in [2.05, 4.69) is 10.1 Å². The number of alkyl halides is 1. The van der Waals surface area contributed by atoms with E-state index in [9.17, 15) is 9.18 Å². The highest BCUT2D eigenvalue weighted by atomic mass is 35.5. The molecule has 2 rings (SSSR count). The Kier molecular flexibility index (Phi) is 3.90. The Labute approximate surface area is 121 Å². The van der Waals surface area contributed by atoms with Crippen molar-refractivity contribution >= 4 is 11.6 Å². The number of aromatic nitrogens is 3. The summed E-state index contributed by atoms with van der Waals surface area (Å²) in [6.45, 7) is 6.61. The Balaban J connectivity index is 2.69. The number of halogens is 2. The molecule has 0 spiro atoms. The van der Waals surface area contributed by atoms with Crippen LogP contribution >= 0.6 is 11.6 Å². The topological polar surface area (TPSA) is 47.8 Å². The summed E-state index contributed by atoms with van der Waals surface area (Å²) in [5.41, 5.74) is 1.84. The first-order valence-corrected chi connectivity index (χ1v) is 6.57. The van der Waals surface area contributed by atoms with E-state index in [1.807, 2.05) is 19.9 Å². The van der Waals surface area contributed by atoms with Gasteiger partial charge in [0.2, 0.25) is 0 Å². The molecule has 6 heteroatoms. The Morgan fingerprint density at radius 3 is 2.55 bits per heavy atom. The van der Waals surface area contributed by atoms with Crippen molar-refractivity contribution < 1.29 is 4.39 Å². The van der Waals surface area contributed by atoms with Crippen molar-refractivity contribution in [3.63, 3.8) is 0 Å². The second-order valence-corrected chi connectivity index (χ2v) is 5.15. The highest BCUT2D eigenvalue weighted by Crippen LogP contribution is 2.20. The van der Waals surface area contributed by atoms with Gasteiger partial charge in [0.15, 0.2) is 5.82 Å². The zero-order chi connectivity index (χ0) is 15.0. The minimum Gasteiger partial charge on any atom is -0.267 e. The van der Waals surface area contributed by atoms with Gasteiger partial charge in [-0.15, -0.1) is 0 Å². The summed E-state index contributed by atoms with van der Waals surface area (Å²) in [5.74, 6) is 0.367. The maximum Gasteiger partial charge on any atom is 0.276 e. The van der Waals surface area contributed by atoms with Gasteiger partial charge in [0.05, 0.1) is 6.20 Å². The average Bonchev–Trinajstić information content (AvgIpc) is 2.37. The van der Waals surface area contributed by atoms with Crippen molar-refractivity contribution in [2.75, 3.05) is 0 Å². The molecule has 0 bridgehead atoms. The lowest BCUT2D eigenvalue weighted by Gasteiger charge is -2.12. The lowest BCUT2D eigenvalue weighted by Crippen LogP contribution is -2.26. The third-order valence-electron chi connectivity index (χ3n) is 3.20. The highest BCUT2D eigenvalue weighted by molar-refractivity contribution is 6.30. The summed E-state index contributed by atoms with van der Waals surface area (Å²) in [6, 6.07) is 1.83. The Morgan fingerprint density at radius 1 is 1.30 bits per heavy atom. The summed E-state index contributed by atoms with van der Waals surface area (Å²) in [7, 11) is 0. The highest BCUT2D eigenvalue weighted by Gasteiger charge is 2.15. The lowest BCUT2D eigenvalue weighted by atomic mass is 10.1. The van der Waals surface area contributed by atoms with Gasteiger partial charge in [-0.3, -0.25) is 4.79 Å². The summed E-state index contributed by atoms with van der Waals surface area (Å²) >= 11 is 6.00. The fraction of sp³-hybridized carbons (Fsp3) is 0.357. The normalized spacial score (nSPS) is 12.5. The molecule has 0 aliphatic heterocycles. The van der Waals surface area contributed by atoms with Gasteiger partial charge in [-0.05, 0) is 44.9 Å². The van der Waals surface area contributed by atoms with Crippen LogP contribution < -0.4 is 5.56 Å². The number of rotatable bonds is 2. The van der Waals surface area contributed by atoms with Gasteiger partial charge in [-0.1, -0.05) is 11.6 Å². The van der Waals surface area contributed by atoms with Crippen LogP contribution in [-0.4, -0.2) is 14.8 Å². The second-order valence-electron chi connectivity index (χ2n) is 4.79. The molecule has 0 aliphatic carbocycles. The maximum absolute atomic E-state index is 13.4. The fourth-order valence-corrected chi connectivity index (χ4v) is 2.17. The number of hydrogen-bond acceptors (Lipinski definition) is 3. The molecule has 4 nitrogen and oxygen atoms in total. The monoisotopic (exact) mass is 295 g/mol. The lowest BCUT2D eigenvalue weighted by molar-refractivity contribution is 0.370. The molecule has 2 heterocycles. The van der Waals surface area contributed by atoms with Gasteiger partial charge < -0.3 is 0 Å². The minimum atomic E-state index is -1.24. The number of hydrogen-bond donors (Lipinski definition) is 0. The number of pyridine rings is 1. The minimum absolute atomic E-state index is 0.294. The van der Waals surface area contributed by atoms with E-state index >= 15 is 0 Å². The molecular weight excluding hydrogens is 281 g/mol. The zero-order valence-electron chi connectivity index (χ0n) is 11.7. The fourth-order valence-electron chi connectivity index (χ4n) is 2.04. The third kappa shape index (κ3) is 2.45. The molecule has 0 aliphatic rings. The molecular formula is C14H15ClFN3O. The molecule has 0 saturated carbocycles. The van der Waals surface area contributed by atoms with Crippen LogP contribution in [0.1, 0.15) is 35.3 Å². The van der Waals surface area contributed by atoms with Crippen molar-refractivity contribution in [1.82, 2.24) is 14.8 Å². The van der Waals surface area contributed by atoms with Gasteiger partial charge in [0.25, 0.3) is 5.56 Å². The van der Waals surface area contributed by atoms with E-state index in [-0.39, 0.29) is 5.56 Å². The molecule has 2 aromatic heterocycles. The molecule has 0 radical (unpaired) electrons. The first-order chi connectivity index (χ1) is 9.32. The van der Waals surface area contributed by atoms with Crippen LogP contribution in [0.3, 0.4) is 0 Å². The zero-order valence-corrected chi connectivity index (χ0v) is 12.5. The van der Waals surface area contributed by atoms with E-state index in [4.69, 9.17) is 11.6 Å². The van der Waals surface area contributed by atoms with Crippen LogP contribution in [0.25, 0.3) is 5.82 Å². The van der Waals surface area contributed by atoms with Crippen LogP contribution in [0.4, 0.5) is 4.39 Å². The molecule has 1 unspecified atom stereocenters. The summed E-state index contributed by atoms with van der Waals surface area (Å²) in [4.78, 5) is 16.5. The van der Waals surface area contributed by atoms with E-state index in [0.717, 1.165) is 15.8 Å². The standard InChI is InChI=1S/C14H15ClFN3O/c1-7-5-8(2)13(18-12(7)15)19-14(20)9(3)11(6-17-19)10(4)16/h5-6,10H,1-4H3. The summed E-state index contributed by atoms with van der Waals surface area (Å²) in [6.07, 6.45) is 0.122. The molecule has 106 valence electrons. The largest absolute Gasteiger partial charge is 0.276 e. The van der Waals surface area contributed by atoms with Gasteiger partial charge >= 0.3 is 0 Å². The molecule has 2 aromatic rings. The molecule has 20 heavy (non-hydrogen) atoms. The van der Waals surface area contributed by atoms with Gasteiger partial charge in [-0.2, -0.15) is 9.78 Å². The van der Waals surface area contributed by atoms with Crippen molar-refractivity contribution in [3.8, 4) is 5.82 Å². The second kappa shape index (κ2) is 5.32. The Morgan fingerprint density at radius 2 is 1.95 bits per heavy atom. The SMILES string of the molecule is Cc1cc(C)c(-n2ncc(C(C)F)c(C)c2=O)nc1Cl. The van der Waals surface area contributed by atoms with Crippen molar-refractivity contribution in [2.45, 2.75) is 33.9 Å². The van der Waals surface area contributed by atoms with E-state index in [1.165, 1.54) is 13.1 Å². The van der Waals surface area contributed by atoms with Crippen LogP contribution in [0.2, 0.25) is 5.15 Å². The van der Waals surface area contributed by atoms with Crippen LogP contribution in [-0.2, 0) is 0 Å². The molecule has 0 fully saturated rings. The smallest absolute Gasteiger partial charge is 0.267 e. The Bertz CT molecular complexity index is 725. The number of aryl methyl sites for hydroxylation is 2. The van der Waals surface area contributed by atoms with E-state index < -0.39 is 6.17 Å². The van der Waals surface area contributed by atoms with Gasteiger partial charge in [-0.25, -0.2) is 9.37 Å². The van der Waals surface area contributed by atoms with Crippen molar-refractivity contribution in [2.24, 2.45) is 0 Å². The third-order valence-corrected chi connectivity index (χ3v) is 3.59. The first kappa shape index (κ1) is 14.7. The predicted molar refractivity (Wildman–Crippen MR) is 76.4 cm³/mol. The quantitative estimate of drug-likeness (QED) is 0.799. The van der Waals surface area contributed by atoms with E-state index in [0.29, 0.717) is 22.1 Å². The van der Waals surface area contributed by atoms with Crippen LogP contribution in [0, 0.1) is 20.8 Å². The average molecular weight is 296 g/mol. The van der Waals surface area contributed by atoms with Crippen LogP contribution in [0.15, 0.2) is 17.1 Å². The predicted octanol–water partition coefficient (Wildman–Crippen LogP) is 3.24. The molecule has 0 saturated heterocycles. The first-order valence-electron chi connectivity index (χ1n) is 6.20. The molecule has 0 aromatic carbocycles. The van der Waals surface area contributed by atoms with Gasteiger partial charge in [0.1, 0.15) is 11.3 Å². The van der Waals surface area contributed by atoms with Crippen molar-refractivity contribution in [1.29, 1.82) is 0 Å².